The second-order valence-electron chi connectivity index (χ2n) is 11.4. The Morgan fingerprint density at radius 3 is 2.26 bits per heavy atom. The molecular formula is C25H40O9Si. The number of esters is 1. The van der Waals surface area contributed by atoms with Crippen molar-refractivity contribution in [3.63, 3.8) is 0 Å². The van der Waals surface area contributed by atoms with E-state index in [9.17, 15) is 4.79 Å². The van der Waals surface area contributed by atoms with Gasteiger partial charge in [0.05, 0.1) is 19.3 Å². The summed E-state index contributed by atoms with van der Waals surface area (Å²) in [7, 11) is 2.82. The molecule has 0 aromatic rings. The van der Waals surface area contributed by atoms with Crippen molar-refractivity contribution in [2.45, 2.75) is 119 Å². The summed E-state index contributed by atoms with van der Waals surface area (Å²) in [4.78, 5) is 13.6. The first-order chi connectivity index (χ1) is 16.6. The van der Waals surface area contributed by atoms with E-state index in [1.165, 1.54) is 0 Å². The van der Waals surface area contributed by atoms with E-state index < -0.39 is 55.6 Å². The summed E-state index contributed by atoms with van der Waals surface area (Å²) in [5.74, 6) is -3.13. The van der Waals surface area contributed by atoms with Crippen molar-refractivity contribution in [3.8, 4) is 0 Å². The van der Waals surface area contributed by atoms with Gasteiger partial charge in [0.15, 0.2) is 19.7 Å². The van der Waals surface area contributed by atoms with Crippen molar-refractivity contribution in [2.75, 3.05) is 21.3 Å². The van der Waals surface area contributed by atoms with Crippen molar-refractivity contribution in [1.29, 1.82) is 0 Å². The molecule has 5 aliphatic rings. The molecule has 7 atom stereocenters. The Balaban J connectivity index is 1.52. The van der Waals surface area contributed by atoms with E-state index in [4.69, 9.17) is 37.6 Å². The molecule has 0 bridgehead atoms. The maximum Gasteiger partial charge on any atom is 0.341 e. The minimum Gasteiger partial charge on any atom is -0.494 e. The van der Waals surface area contributed by atoms with Crippen LogP contribution in [0.25, 0.3) is 0 Å². The third-order valence-electron chi connectivity index (χ3n) is 8.09. The fourth-order valence-corrected chi connectivity index (χ4v) is 7.78. The van der Waals surface area contributed by atoms with Gasteiger partial charge in [-0.3, -0.25) is 0 Å². The van der Waals surface area contributed by atoms with Gasteiger partial charge in [0.25, 0.3) is 5.79 Å². The van der Waals surface area contributed by atoms with Crippen LogP contribution in [0.2, 0.25) is 19.6 Å². The number of ether oxygens (including phenoxy) is 7. The van der Waals surface area contributed by atoms with Crippen molar-refractivity contribution in [1.82, 2.24) is 0 Å². The standard InChI is InChI=1S/C25H40O9Si/c1-27-19-11-7-8-12-23(19)32-21(26)22(34-23)15-17-20(18(16-22)33-35(4,5)6)31-25(29-3)14-10-9-13-24(25,28-2)30-17/h11,17-18,20H,7-10,12-16H2,1-6H3/t17-,18-,20+,22-,23-,24+,25+/m1/s1. The Morgan fingerprint density at radius 1 is 0.943 bits per heavy atom. The van der Waals surface area contributed by atoms with E-state index in [1.54, 1.807) is 21.3 Å². The molecule has 10 heteroatoms. The molecule has 35 heavy (non-hydrogen) atoms. The minimum atomic E-state index is -2.04. The van der Waals surface area contributed by atoms with Gasteiger partial charge in [-0.1, -0.05) is 0 Å². The van der Waals surface area contributed by atoms with Gasteiger partial charge in [0.1, 0.15) is 6.10 Å². The van der Waals surface area contributed by atoms with Crippen LogP contribution in [0.1, 0.15) is 57.8 Å². The van der Waals surface area contributed by atoms with Gasteiger partial charge in [-0.05, 0) is 51.4 Å². The molecule has 0 aromatic heterocycles. The summed E-state index contributed by atoms with van der Waals surface area (Å²) < 4.78 is 50.4. The van der Waals surface area contributed by atoms with E-state index in [1.807, 2.05) is 6.08 Å². The van der Waals surface area contributed by atoms with Crippen LogP contribution < -0.4 is 0 Å². The monoisotopic (exact) mass is 512 g/mol. The molecule has 3 aliphatic carbocycles. The number of fused-ring (bicyclic) bond motifs is 2. The molecule has 0 N–H and O–H groups in total. The van der Waals surface area contributed by atoms with E-state index in [2.05, 4.69) is 19.6 Å². The first kappa shape index (κ1) is 25.6. The minimum absolute atomic E-state index is 0.283. The topological polar surface area (TPSA) is 90.9 Å². The quantitative estimate of drug-likeness (QED) is 0.403. The predicted octanol–water partition coefficient (Wildman–Crippen LogP) is 3.77. The number of carbonyl (C=O) groups excluding carboxylic acids is 1. The Labute approximate surface area is 208 Å². The number of hydrogen-bond acceptors (Lipinski definition) is 9. The van der Waals surface area contributed by atoms with Crippen molar-refractivity contribution in [2.24, 2.45) is 0 Å². The first-order valence-corrected chi connectivity index (χ1v) is 16.3. The van der Waals surface area contributed by atoms with Gasteiger partial charge in [-0.2, -0.15) is 0 Å². The highest BCUT2D eigenvalue weighted by Crippen LogP contribution is 2.56. The van der Waals surface area contributed by atoms with Crippen LogP contribution in [0.5, 0.6) is 0 Å². The van der Waals surface area contributed by atoms with Crippen LogP contribution in [0.4, 0.5) is 0 Å². The van der Waals surface area contributed by atoms with Gasteiger partial charge >= 0.3 is 5.97 Å². The van der Waals surface area contributed by atoms with E-state index in [-0.39, 0.29) is 6.42 Å². The molecule has 9 nitrogen and oxygen atoms in total. The molecule has 4 fully saturated rings. The molecule has 0 amide bonds. The van der Waals surface area contributed by atoms with Crippen LogP contribution in [0, 0.1) is 0 Å². The van der Waals surface area contributed by atoms with E-state index >= 15 is 0 Å². The largest absolute Gasteiger partial charge is 0.494 e. The highest BCUT2D eigenvalue weighted by Gasteiger charge is 2.70. The summed E-state index contributed by atoms with van der Waals surface area (Å²) in [6.07, 6.45) is 6.66. The van der Waals surface area contributed by atoms with Gasteiger partial charge in [0.2, 0.25) is 11.6 Å². The van der Waals surface area contributed by atoms with Crippen molar-refractivity contribution >= 4 is 14.3 Å². The molecule has 2 spiro atoms. The van der Waals surface area contributed by atoms with Crippen LogP contribution >= 0.6 is 0 Å². The third kappa shape index (κ3) is 4.00. The van der Waals surface area contributed by atoms with Crippen molar-refractivity contribution < 1.29 is 42.4 Å². The van der Waals surface area contributed by atoms with Crippen LogP contribution in [-0.4, -0.2) is 76.9 Å². The zero-order valence-electron chi connectivity index (χ0n) is 21.8. The number of methoxy groups -OCH3 is 3. The lowest BCUT2D eigenvalue weighted by atomic mass is 9.76. The Hall–Kier alpha value is -1.01. The molecule has 2 saturated carbocycles. The van der Waals surface area contributed by atoms with E-state index in [0.717, 1.165) is 25.7 Å². The molecule has 2 heterocycles. The fraction of sp³-hybridized carbons (Fsp3) is 0.880. The molecule has 0 unspecified atom stereocenters. The second kappa shape index (κ2) is 8.78. The Bertz CT molecular complexity index is 873. The number of hydrogen-bond donors (Lipinski definition) is 0. The zero-order chi connectivity index (χ0) is 25.1. The highest BCUT2D eigenvalue weighted by molar-refractivity contribution is 6.69. The second-order valence-corrected chi connectivity index (χ2v) is 15.9. The number of rotatable bonds is 5. The van der Waals surface area contributed by atoms with E-state index in [0.29, 0.717) is 31.4 Å². The number of carbonyl (C=O) groups is 1. The van der Waals surface area contributed by atoms with Gasteiger partial charge in [-0.15, -0.1) is 0 Å². The summed E-state index contributed by atoms with van der Waals surface area (Å²) in [5, 5.41) is 0. The number of allylic oxidation sites excluding steroid dienone is 1. The smallest absolute Gasteiger partial charge is 0.341 e. The predicted molar refractivity (Wildman–Crippen MR) is 127 cm³/mol. The Kier molecular flexibility index (Phi) is 6.43. The molecule has 2 aliphatic heterocycles. The molecule has 198 valence electrons. The van der Waals surface area contributed by atoms with Gasteiger partial charge in [-0.25, -0.2) is 4.79 Å². The Morgan fingerprint density at radius 2 is 1.63 bits per heavy atom. The van der Waals surface area contributed by atoms with Crippen molar-refractivity contribution in [3.05, 3.63) is 11.8 Å². The lowest BCUT2D eigenvalue weighted by Gasteiger charge is -2.60. The van der Waals surface area contributed by atoms with Crippen LogP contribution in [0.3, 0.4) is 0 Å². The summed E-state index contributed by atoms with van der Waals surface area (Å²) >= 11 is 0. The third-order valence-corrected chi connectivity index (χ3v) is 9.10. The first-order valence-electron chi connectivity index (χ1n) is 12.9. The average molecular weight is 513 g/mol. The molecular weight excluding hydrogens is 472 g/mol. The molecule has 5 rings (SSSR count). The SMILES string of the molecule is COC1=CCCC[C@]12OC(=O)[C@]1(C[C@H]3O[C@@]4(OC)CCCC[C@]4(OC)O[C@@H]3[C@H](O[Si](C)(C)C)C1)O2. The lowest BCUT2D eigenvalue weighted by molar-refractivity contribution is -0.480. The molecule has 2 saturated heterocycles. The maximum atomic E-state index is 13.6. The van der Waals surface area contributed by atoms with Crippen LogP contribution in [0.15, 0.2) is 11.8 Å². The molecule has 0 radical (unpaired) electrons. The highest BCUT2D eigenvalue weighted by atomic mass is 28.4. The van der Waals surface area contributed by atoms with Gasteiger partial charge in [0, 0.05) is 46.3 Å². The van der Waals surface area contributed by atoms with Gasteiger partial charge < -0.3 is 37.6 Å². The maximum absolute atomic E-state index is 13.6. The average Bonchev–Trinajstić information content (AvgIpc) is 3.07. The molecule has 0 aromatic carbocycles. The lowest BCUT2D eigenvalue weighted by Crippen LogP contribution is -2.73. The fourth-order valence-electron chi connectivity index (χ4n) is 6.66. The van der Waals surface area contributed by atoms with Crippen LogP contribution in [-0.2, 0) is 42.4 Å². The summed E-state index contributed by atoms with van der Waals surface area (Å²) in [6.45, 7) is 6.38. The normalized spacial score (nSPS) is 45.6. The zero-order valence-corrected chi connectivity index (χ0v) is 22.8. The summed E-state index contributed by atoms with van der Waals surface area (Å²) in [6, 6.07) is 0. The summed E-state index contributed by atoms with van der Waals surface area (Å²) in [5.41, 5.74) is -1.22.